The fourth-order valence-electron chi connectivity index (χ4n) is 3.54. The van der Waals surface area contributed by atoms with Crippen LogP contribution in [0.4, 0.5) is 0 Å². The van der Waals surface area contributed by atoms with Gasteiger partial charge in [0.2, 0.25) is 0 Å². The quantitative estimate of drug-likeness (QED) is 0.455. The first kappa shape index (κ1) is 21.2. The molecule has 3 aromatic carbocycles. The first-order chi connectivity index (χ1) is 15.6. The van der Waals surface area contributed by atoms with E-state index in [-0.39, 0.29) is 5.91 Å². The van der Waals surface area contributed by atoms with Gasteiger partial charge in [0.05, 0.1) is 38.1 Å². The average molecular weight is 428 g/mol. The fourth-order valence-corrected chi connectivity index (χ4v) is 3.54. The zero-order chi connectivity index (χ0) is 22.5. The van der Waals surface area contributed by atoms with Crippen LogP contribution in [0.5, 0.6) is 17.2 Å². The third-order valence-electron chi connectivity index (χ3n) is 5.26. The Morgan fingerprint density at radius 1 is 0.844 bits per heavy atom. The third kappa shape index (κ3) is 4.34. The minimum atomic E-state index is -0.178. The second-order valence-electron chi connectivity index (χ2n) is 7.17. The van der Waals surface area contributed by atoms with Crippen molar-refractivity contribution in [3.63, 3.8) is 0 Å². The van der Waals surface area contributed by atoms with E-state index in [0.717, 1.165) is 27.8 Å². The summed E-state index contributed by atoms with van der Waals surface area (Å²) < 4.78 is 16.1. The number of nitrogens with one attached hydrogen (secondary N) is 1. The molecule has 4 rings (SSSR count). The second kappa shape index (κ2) is 9.39. The van der Waals surface area contributed by atoms with E-state index < -0.39 is 0 Å². The lowest BCUT2D eigenvalue weighted by molar-refractivity contribution is 0.0952. The van der Waals surface area contributed by atoms with Crippen molar-refractivity contribution in [3.8, 4) is 28.5 Å². The summed E-state index contributed by atoms with van der Waals surface area (Å²) in [6, 6.07) is 22.5. The summed E-state index contributed by atoms with van der Waals surface area (Å²) in [4.78, 5) is 18.0. The number of ether oxygens (including phenoxy) is 3. The smallest absolute Gasteiger partial charge is 0.252 e. The van der Waals surface area contributed by atoms with Crippen LogP contribution in [0.1, 0.15) is 15.9 Å². The molecular weight excluding hydrogens is 404 g/mol. The summed E-state index contributed by atoms with van der Waals surface area (Å²) in [6.07, 6.45) is 0. The molecule has 0 saturated carbocycles. The van der Waals surface area contributed by atoms with Gasteiger partial charge in [-0.1, -0.05) is 30.3 Å². The van der Waals surface area contributed by atoms with Gasteiger partial charge >= 0.3 is 0 Å². The van der Waals surface area contributed by atoms with E-state index in [1.807, 2.05) is 66.7 Å². The number of carbonyl (C=O) groups excluding carboxylic acids is 1. The molecule has 6 nitrogen and oxygen atoms in total. The largest absolute Gasteiger partial charge is 0.497 e. The number of hydrogen-bond donors (Lipinski definition) is 1. The number of nitrogens with zero attached hydrogens (tertiary/aromatic N) is 1. The first-order valence-corrected chi connectivity index (χ1v) is 10.2. The topological polar surface area (TPSA) is 69.7 Å². The number of benzene rings is 3. The van der Waals surface area contributed by atoms with Gasteiger partial charge in [-0.2, -0.15) is 0 Å². The molecular formula is C26H24N2O4. The van der Waals surface area contributed by atoms with Crippen molar-refractivity contribution in [2.24, 2.45) is 0 Å². The van der Waals surface area contributed by atoms with Gasteiger partial charge in [0.1, 0.15) is 17.2 Å². The van der Waals surface area contributed by atoms with Crippen molar-refractivity contribution in [1.29, 1.82) is 0 Å². The van der Waals surface area contributed by atoms with E-state index in [1.165, 1.54) is 0 Å². The molecule has 0 unspecified atom stereocenters. The molecule has 0 aliphatic heterocycles. The van der Waals surface area contributed by atoms with Crippen molar-refractivity contribution in [3.05, 3.63) is 83.9 Å². The Morgan fingerprint density at radius 3 is 2.28 bits per heavy atom. The molecule has 0 saturated heterocycles. The predicted octanol–water partition coefficient (Wildman–Crippen LogP) is 4.86. The molecule has 0 fully saturated rings. The van der Waals surface area contributed by atoms with Crippen LogP contribution in [0.15, 0.2) is 72.8 Å². The van der Waals surface area contributed by atoms with Crippen molar-refractivity contribution in [2.75, 3.05) is 21.3 Å². The van der Waals surface area contributed by atoms with Gasteiger partial charge in [-0.3, -0.25) is 4.79 Å². The Kier molecular flexibility index (Phi) is 6.22. The molecule has 0 bridgehead atoms. The maximum atomic E-state index is 13.2. The maximum Gasteiger partial charge on any atom is 0.252 e. The van der Waals surface area contributed by atoms with E-state index in [0.29, 0.717) is 29.3 Å². The van der Waals surface area contributed by atoms with Crippen LogP contribution in [0.3, 0.4) is 0 Å². The molecule has 1 heterocycles. The van der Waals surface area contributed by atoms with Gasteiger partial charge in [-0.25, -0.2) is 4.98 Å². The molecule has 0 radical (unpaired) electrons. The highest BCUT2D eigenvalue weighted by atomic mass is 16.5. The molecule has 162 valence electrons. The van der Waals surface area contributed by atoms with Crippen LogP contribution >= 0.6 is 0 Å². The minimum absolute atomic E-state index is 0.178. The molecule has 32 heavy (non-hydrogen) atoms. The predicted molar refractivity (Wildman–Crippen MR) is 124 cm³/mol. The summed E-state index contributed by atoms with van der Waals surface area (Å²) in [5.41, 5.74) is 3.64. The lowest BCUT2D eigenvalue weighted by Crippen LogP contribution is -2.23. The number of para-hydroxylation sites is 1. The number of pyridine rings is 1. The van der Waals surface area contributed by atoms with E-state index in [1.54, 1.807) is 27.4 Å². The first-order valence-electron chi connectivity index (χ1n) is 10.2. The monoisotopic (exact) mass is 428 g/mol. The molecule has 1 aromatic heterocycles. The maximum absolute atomic E-state index is 13.2. The molecule has 6 heteroatoms. The van der Waals surface area contributed by atoms with Gasteiger partial charge in [0, 0.05) is 17.5 Å². The van der Waals surface area contributed by atoms with Crippen LogP contribution in [0.25, 0.3) is 22.2 Å². The standard InChI is InChI=1S/C26H24N2O4/c1-30-18-10-8-17(9-11-18)16-27-26(29)21-15-24(28-23-7-5-4-6-20(21)23)22-14-19(31-2)12-13-25(22)32-3/h4-15H,16H2,1-3H3,(H,27,29). The van der Waals surface area contributed by atoms with Crippen LogP contribution in [0, 0.1) is 0 Å². The van der Waals surface area contributed by atoms with Gasteiger partial charge < -0.3 is 19.5 Å². The number of aromatic nitrogens is 1. The highest BCUT2D eigenvalue weighted by Gasteiger charge is 2.16. The number of amides is 1. The zero-order valence-corrected chi connectivity index (χ0v) is 18.2. The third-order valence-corrected chi connectivity index (χ3v) is 5.26. The van der Waals surface area contributed by atoms with E-state index >= 15 is 0 Å². The summed E-state index contributed by atoms with van der Waals surface area (Å²) in [5.74, 6) is 1.93. The number of methoxy groups -OCH3 is 3. The Balaban J connectivity index is 1.71. The number of rotatable bonds is 7. The van der Waals surface area contributed by atoms with Crippen molar-refractivity contribution >= 4 is 16.8 Å². The number of fused-ring (bicyclic) bond motifs is 1. The second-order valence-corrected chi connectivity index (χ2v) is 7.17. The minimum Gasteiger partial charge on any atom is -0.497 e. The molecule has 1 N–H and O–H groups in total. The molecule has 4 aromatic rings. The van der Waals surface area contributed by atoms with Gasteiger partial charge in [-0.15, -0.1) is 0 Å². The number of hydrogen-bond acceptors (Lipinski definition) is 5. The van der Waals surface area contributed by atoms with Crippen LogP contribution in [0.2, 0.25) is 0 Å². The summed E-state index contributed by atoms with van der Waals surface area (Å²) in [5, 5.41) is 3.79. The Morgan fingerprint density at radius 2 is 1.56 bits per heavy atom. The molecule has 0 atom stereocenters. The van der Waals surface area contributed by atoms with E-state index in [2.05, 4.69) is 5.32 Å². The molecule has 0 aliphatic rings. The lowest BCUT2D eigenvalue weighted by Gasteiger charge is -2.13. The molecule has 0 spiro atoms. The summed E-state index contributed by atoms with van der Waals surface area (Å²) in [6.45, 7) is 0.400. The SMILES string of the molecule is COc1ccc(CNC(=O)c2cc(-c3cc(OC)ccc3OC)nc3ccccc23)cc1. The summed E-state index contributed by atoms with van der Waals surface area (Å²) in [7, 11) is 4.84. The molecule has 1 amide bonds. The van der Waals surface area contributed by atoms with Gasteiger partial charge in [0.15, 0.2) is 0 Å². The Labute approximate surface area is 186 Å². The normalized spacial score (nSPS) is 10.6. The van der Waals surface area contributed by atoms with Gasteiger partial charge in [-0.05, 0) is 48.0 Å². The van der Waals surface area contributed by atoms with Crippen molar-refractivity contribution < 1.29 is 19.0 Å². The number of carbonyl (C=O) groups is 1. The Bertz CT molecular complexity index is 1250. The average Bonchev–Trinajstić information content (AvgIpc) is 2.86. The fraction of sp³-hybridized carbons (Fsp3) is 0.154. The van der Waals surface area contributed by atoms with E-state index in [4.69, 9.17) is 19.2 Å². The molecule has 0 aliphatic carbocycles. The van der Waals surface area contributed by atoms with E-state index in [9.17, 15) is 4.79 Å². The van der Waals surface area contributed by atoms with Gasteiger partial charge in [0.25, 0.3) is 5.91 Å². The Hall–Kier alpha value is -4.06. The van der Waals surface area contributed by atoms with Crippen molar-refractivity contribution in [1.82, 2.24) is 10.3 Å². The highest BCUT2D eigenvalue weighted by molar-refractivity contribution is 6.07. The van der Waals surface area contributed by atoms with Crippen LogP contribution in [-0.2, 0) is 6.54 Å². The van der Waals surface area contributed by atoms with Crippen LogP contribution in [-0.4, -0.2) is 32.2 Å². The highest BCUT2D eigenvalue weighted by Crippen LogP contribution is 2.34. The summed E-state index contributed by atoms with van der Waals surface area (Å²) >= 11 is 0. The lowest BCUT2D eigenvalue weighted by atomic mass is 10.0. The van der Waals surface area contributed by atoms with Crippen molar-refractivity contribution in [2.45, 2.75) is 6.54 Å². The van der Waals surface area contributed by atoms with Crippen LogP contribution < -0.4 is 19.5 Å². The zero-order valence-electron chi connectivity index (χ0n) is 18.2.